The van der Waals surface area contributed by atoms with Crippen molar-refractivity contribution in [2.24, 2.45) is 17.3 Å². The quantitative estimate of drug-likeness (QED) is 0.528. The van der Waals surface area contributed by atoms with E-state index in [0.717, 1.165) is 11.8 Å². The minimum Gasteiger partial charge on any atom is -0.303 e. The van der Waals surface area contributed by atoms with Crippen LogP contribution in [0.5, 0.6) is 0 Å². The summed E-state index contributed by atoms with van der Waals surface area (Å²) in [6.45, 7) is 18.0. The molecule has 1 aliphatic rings. The number of rotatable bonds is 7. The molecule has 0 radical (unpaired) electrons. The highest BCUT2D eigenvalue weighted by atomic mass is 15.1. The molecule has 1 heteroatoms. The standard InChI is InChI=1S/C20H39N/c1-17(2)8-7-9-18(3)10-13-21-14-11-19(12-15-21)16-20(4,5)6/h8,18-19H,7,9-16H2,1-6H3. The van der Waals surface area contributed by atoms with E-state index >= 15 is 0 Å². The van der Waals surface area contributed by atoms with Crippen molar-refractivity contribution in [2.75, 3.05) is 19.6 Å². The summed E-state index contributed by atoms with van der Waals surface area (Å²) in [5.74, 6) is 1.84. The van der Waals surface area contributed by atoms with Gasteiger partial charge in [-0.2, -0.15) is 0 Å². The Morgan fingerprint density at radius 3 is 2.29 bits per heavy atom. The molecule has 0 N–H and O–H groups in total. The molecule has 0 amide bonds. The molecule has 0 aromatic rings. The smallest absolute Gasteiger partial charge is 0.00161 e. The van der Waals surface area contributed by atoms with Gasteiger partial charge in [0.15, 0.2) is 0 Å². The van der Waals surface area contributed by atoms with Crippen LogP contribution in [0.3, 0.4) is 0 Å². The van der Waals surface area contributed by atoms with E-state index in [9.17, 15) is 0 Å². The van der Waals surface area contributed by atoms with Crippen LogP contribution in [0.2, 0.25) is 0 Å². The van der Waals surface area contributed by atoms with Gasteiger partial charge in [0.2, 0.25) is 0 Å². The number of likely N-dealkylation sites (tertiary alicyclic amines) is 1. The first kappa shape index (κ1) is 18.7. The fraction of sp³-hybridized carbons (Fsp3) is 0.900. The largest absolute Gasteiger partial charge is 0.303 e. The Morgan fingerprint density at radius 1 is 1.14 bits per heavy atom. The van der Waals surface area contributed by atoms with E-state index in [4.69, 9.17) is 0 Å². The highest BCUT2D eigenvalue weighted by molar-refractivity contribution is 4.92. The van der Waals surface area contributed by atoms with Crippen molar-refractivity contribution in [1.29, 1.82) is 0 Å². The fourth-order valence-electron chi connectivity index (χ4n) is 3.48. The van der Waals surface area contributed by atoms with Crippen LogP contribution in [-0.4, -0.2) is 24.5 Å². The SMILES string of the molecule is CC(C)=CCCC(C)CCN1CCC(CC(C)(C)C)CC1. The second-order valence-corrected chi connectivity index (χ2v) is 8.80. The summed E-state index contributed by atoms with van der Waals surface area (Å²) < 4.78 is 0. The van der Waals surface area contributed by atoms with E-state index in [1.54, 1.807) is 0 Å². The maximum atomic E-state index is 2.70. The van der Waals surface area contributed by atoms with Crippen LogP contribution in [0.4, 0.5) is 0 Å². The van der Waals surface area contributed by atoms with Gasteiger partial charge in [-0.1, -0.05) is 39.3 Å². The summed E-state index contributed by atoms with van der Waals surface area (Å²) >= 11 is 0. The Kier molecular flexibility index (Phi) is 8.02. The molecule has 1 heterocycles. The first-order chi connectivity index (χ1) is 9.76. The van der Waals surface area contributed by atoms with Crippen LogP contribution < -0.4 is 0 Å². The summed E-state index contributed by atoms with van der Waals surface area (Å²) in [6, 6.07) is 0. The van der Waals surface area contributed by atoms with Gasteiger partial charge in [-0.15, -0.1) is 0 Å². The van der Waals surface area contributed by atoms with Crippen molar-refractivity contribution in [3.8, 4) is 0 Å². The first-order valence-corrected chi connectivity index (χ1v) is 9.12. The van der Waals surface area contributed by atoms with Gasteiger partial charge in [0.1, 0.15) is 0 Å². The molecule has 0 aliphatic carbocycles. The minimum absolute atomic E-state index is 0.506. The van der Waals surface area contributed by atoms with Crippen LogP contribution in [0.1, 0.15) is 80.1 Å². The molecule has 1 unspecified atom stereocenters. The van der Waals surface area contributed by atoms with Crippen molar-refractivity contribution < 1.29 is 0 Å². The zero-order chi connectivity index (χ0) is 15.9. The third-order valence-corrected chi connectivity index (χ3v) is 4.76. The van der Waals surface area contributed by atoms with E-state index in [1.165, 1.54) is 63.7 Å². The number of hydrogen-bond donors (Lipinski definition) is 0. The van der Waals surface area contributed by atoms with Gasteiger partial charge in [0, 0.05) is 0 Å². The molecule has 0 aromatic carbocycles. The molecule has 124 valence electrons. The van der Waals surface area contributed by atoms with Crippen LogP contribution >= 0.6 is 0 Å². The molecular weight excluding hydrogens is 254 g/mol. The molecule has 1 atom stereocenters. The first-order valence-electron chi connectivity index (χ1n) is 9.12. The van der Waals surface area contributed by atoms with E-state index in [-0.39, 0.29) is 0 Å². The molecule has 1 fully saturated rings. The second-order valence-electron chi connectivity index (χ2n) is 8.80. The number of nitrogens with zero attached hydrogens (tertiary/aromatic N) is 1. The molecule has 0 spiro atoms. The topological polar surface area (TPSA) is 3.24 Å². The molecule has 0 aromatic heterocycles. The Morgan fingerprint density at radius 2 is 1.76 bits per heavy atom. The normalized spacial score (nSPS) is 19.5. The van der Waals surface area contributed by atoms with E-state index in [0.29, 0.717) is 5.41 Å². The minimum atomic E-state index is 0.506. The molecule has 1 aliphatic heterocycles. The lowest BCUT2D eigenvalue weighted by Crippen LogP contribution is -2.36. The summed E-state index contributed by atoms with van der Waals surface area (Å²) in [5, 5.41) is 0. The molecule has 1 saturated heterocycles. The number of allylic oxidation sites excluding steroid dienone is 2. The van der Waals surface area contributed by atoms with Gasteiger partial charge in [-0.05, 0) is 89.3 Å². The van der Waals surface area contributed by atoms with E-state index in [2.05, 4.69) is 52.5 Å². The molecule has 1 rings (SSSR count). The predicted octanol–water partition coefficient (Wildman–Crippen LogP) is 5.91. The fourth-order valence-corrected chi connectivity index (χ4v) is 3.48. The molecule has 0 saturated carbocycles. The number of piperidine rings is 1. The van der Waals surface area contributed by atoms with Gasteiger partial charge in [0.05, 0.1) is 0 Å². The van der Waals surface area contributed by atoms with Crippen molar-refractivity contribution >= 4 is 0 Å². The van der Waals surface area contributed by atoms with Crippen molar-refractivity contribution in [2.45, 2.75) is 80.1 Å². The lowest BCUT2D eigenvalue weighted by molar-refractivity contribution is 0.146. The third kappa shape index (κ3) is 9.34. The van der Waals surface area contributed by atoms with Gasteiger partial charge in [0.25, 0.3) is 0 Å². The highest BCUT2D eigenvalue weighted by Gasteiger charge is 2.23. The van der Waals surface area contributed by atoms with Gasteiger partial charge < -0.3 is 4.90 Å². The molecular formula is C20H39N. The average molecular weight is 294 g/mol. The van der Waals surface area contributed by atoms with Crippen molar-refractivity contribution in [1.82, 2.24) is 4.90 Å². The Bertz CT molecular complexity index is 298. The van der Waals surface area contributed by atoms with Crippen LogP contribution in [-0.2, 0) is 0 Å². The van der Waals surface area contributed by atoms with Crippen molar-refractivity contribution in [3.05, 3.63) is 11.6 Å². The second kappa shape index (κ2) is 8.98. The predicted molar refractivity (Wildman–Crippen MR) is 95.7 cm³/mol. The Labute approximate surface area is 134 Å². The van der Waals surface area contributed by atoms with Crippen LogP contribution in [0, 0.1) is 17.3 Å². The van der Waals surface area contributed by atoms with Crippen LogP contribution in [0.25, 0.3) is 0 Å². The molecule has 0 bridgehead atoms. The average Bonchev–Trinajstić information content (AvgIpc) is 2.35. The highest BCUT2D eigenvalue weighted by Crippen LogP contribution is 2.31. The molecule has 21 heavy (non-hydrogen) atoms. The van der Waals surface area contributed by atoms with Crippen LogP contribution in [0.15, 0.2) is 11.6 Å². The summed E-state index contributed by atoms with van der Waals surface area (Å²) in [6.07, 6.45) is 10.6. The van der Waals surface area contributed by atoms with E-state index < -0.39 is 0 Å². The molecule has 1 nitrogen and oxygen atoms in total. The van der Waals surface area contributed by atoms with Crippen molar-refractivity contribution in [3.63, 3.8) is 0 Å². The Hall–Kier alpha value is -0.300. The summed E-state index contributed by atoms with van der Waals surface area (Å²) in [5.41, 5.74) is 1.97. The maximum absolute atomic E-state index is 2.70. The summed E-state index contributed by atoms with van der Waals surface area (Å²) in [4.78, 5) is 2.70. The monoisotopic (exact) mass is 293 g/mol. The lowest BCUT2D eigenvalue weighted by Gasteiger charge is -2.35. The zero-order valence-electron chi connectivity index (χ0n) is 15.5. The van der Waals surface area contributed by atoms with Gasteiger partial charge in [-0.25, -0.2) is 0 Å². The van der Waals surface area contributed by atoms with Gasteiger partial charge >= 0.3 is 0 Å². The Balaban J connectivity index is 2.14. The maximum Gasteiger partial charge on any atom is -0.00161 e. The summed E-state index contributed by atoms with van der Waals surface area (Å²) in [7, 11) is 0. The number of hydrogen-bond acceptors (Lipinski definition) is 1. The lowest BCUT2D eigenvalue weighted by atomic mass is 9.80. The third-order valence-electron chi connectivity index (χ3n) is 4.76. The van der Waals surface area contributed by atoms with E-state index in [1.807, 2.05) is 0 Å². The van der Waals surface area contributed by atoms with Gasteiger partial charge in [-0.3, -0.25) is 0 Å². The zero-order valence-corrected chi connectivity index (χ0v) is 15.5.